The minimum atomic E-state index is -5.24. The van der Waals surface area contributed by atoms with Crippen LogP contribution in [0.1, 0.15) is 12.6 Å². The molecule has 1 aliphatic heterocycles. The number of nitrogen functional groups attached to an aromatic ring is 1. The number of aromatic nitrogens is 4. The van der Waals surface area contributed by atoms with Crippen LogP contribution in [-0.2, 0) is 29.9 Å². The maximum Gasteiger partial charge on any atom is 0.280 e. The number of rotatable bonds is 6. The normalized spacial score (nSPS) is 25.7. The maximum absolute atomic E-state index is 11.8. The van der Waals surface area contributed by atoms with E-state index in [1.165, 1.54) is 10.9 Å². The van der Waals surface area contributed by atoms with Crippen molar-refractivity contribution in [3.63, 3.8) is 0 Å². The van der Waals surface area contributed by atoms with Crippen LogP contribution in [0.2, 0.25) is 0 Å². The molecule has 3 heterocycles. The number of nitrogens with two attached hydrogens (primary N) is 1. The Hall–Kier alpha value is -1.25. The zero-order valence-corrected chi connectivity index (χ0v) is 15.8. The smallest absolute Gasteiger partial charge is 0.280 e. The molecular formula is C10H12N5O9P2S-3. The van der Waals surface area contributed by atoms with Crippen LogP contribution >= 0.6 is 14.5 Å². The zero-order valence-electron chi connectivity index (χ0n) is 13.2. The molecule has 17 heteroatoms. The number of hydrogen-bond donors (Lipinski definition) is 3. The van der Waals surface area contributed by atoms with Gasteiger partial charge in [0.25, 0.3) is 13.4 Å². The number of aliphatic hydroxyl groups excluding tert-OH is 1. The largest absolute Gasteiger partial charge is 0.812 e. The molecule has 4 atom stereocenters. The Kier molecular flexibility index (Phi) is 5.53. The van der Waals surface area contributed by atoms with Crippen molar-refractivity contribution in [2.24, 2.45) is 0 Å². The number of fused-ring (bicyclic) bond motifs is 1. The van der Waals surface area contributed by atoms with Crippen molar-refractivity contribution < 1.29 is 37.9 Å². The first-order valence-corrected chi connectivity index (χ1v) is 11.2. The van der Waals surface area contributed by atoms with Gasteiger partial charge in [-0.25, -0.2) is 4.98 Å². The van der Waals surface area contributed by atoms with Gasteiger partial charge >= 0.3 is 0 Å². The maximum atomic E-state index is 11.8. The summed E-state index contributed by atoms with van der Waals surface area (Å²) in [5.41, 5.74) is 5.03. The Bertz CT molecular complexity index is 1000. The fourth-order valence-electron chi connectivity index (χ4n) is 2.50. The number of imidazole rings is 1. The van der Waals surface area contributed by atoms with Gasteiger partial charge in [-0.2, -0.15) is 4.98 Å². The quantitative estimate of drug-likeness (QED) is 0.377. The lowest BCUT2D eigenvalue weighted by Gasteiger charge is -2.39. The highest BCUT2D eigenvalue weighted by molar-refractivity contribution is 8.06. The second kappa shape index (κ2) is 7.29. The van der Waals surface area contributed by atoms with E-state index in [2.05, 4.69) is 35.6 Å². The summed E-state index contributed by atoms with van der Waals surface area (Å²) >= 11 is 3.83. The number of hydrogen-bond acceptors (Lipinski definition) is 13. The number of aromatic amines is 1. The number of nitrogens with zero attached hydrogens (tertiary/aromatic N) is 3. The van der Waals surface area contributed by atoms with Crippen molar-refractivity contribution in [2.75, 3.05) is 12.3 Å². The molecular weight excluding hydrogens is 428 g/mol. The second-order valence-electron chi connectivity index (χ2n) is 5.48. The van der Waals surface area contributed by atoms with Gasteiger partial charge < -0.3 is 39.1 Å². The molecule has 2 aromatic rings. The van der Waals surface area contributed by atoms with Crippen molar-refractivity contribution in [1.82, 2.24) is 19.5 Å². The minimum absolute atomic E-state index is 0.00362. The third kappa shape index (κ3) is 4.78. The summed E-state index contributed by atoms with van der Waals surface area (Å²) in [4.78, 5) is 54.8. The van der Waals surface area contributed by atoms with Crippen LogP contribution in [-0.4, -0.2) is 43.4 Å². The van der Waals surface area contributed by atoms with E-state index in [1.54, 1.807) is 0 Å². The first-order valence-electron chi connectivity index (χ1n) is 7.20. The molecule has 0 radical (unpaired) electrons. The monoisotopic (exact) mass is 440 g/mol. The van der Waals surface area contributed by atoms with E-state index in [9.17, 15) is 29.1 Å². The van der Waals surface area contributed by atoms with E-state index >= 15 is 0 Å². The first kappa shape index (κ1) is 20.5. The van der Waals surface area contributed by atoms with E-state index in [4.69, 9.17) is 10.5 Å². The minimum Gasteiger partial charge on any atom is -0.812 e. The number of aliphatic hydroxyl groups is 1. The Labute approximate surface area is 155 Å². The first-order chi connectivity index (χ1) is 12.5. The van der Waals surface area contributed by atoms with Crippen LogP contribution in [0.25, 0.3) is 11.2 Å². The van der Waals surface area contributed by atoms with Gasteiger partial charge in [-0.1, -0.05) is 6.72 Å². The van der Waals surface area contributed by atoms with Crippen molar-refractivity contribution in [2.45, 2.75) is 24.9 Å². The number of H-pyrrole nitrogens is 1. The summed E-state index contributed by atoms with van der Waals surface area (Å²) < 4.78 is 26.3. The Morgan fingerprint density at radius 1 is 1.52 bits per heavy atom. The Balaban J connectivity index is 1.73. The molecule has 150 valence electrons. The molecule has 0 aromatic carbocycles. The summed E-state index contributed by atoms with van der Waals surface area (Å²) in [6.07, 6.45) is -1.94. The van der Waals surface area contributed by atoms with Crippen LogP contribution in [0.15, 0.2) is 11.1 Å². The van der Waals surface area contributed by atoms with Gasteiger partial charge in [-0.3, -0.25) is 18.9 Å². The fourth-order valence-corrected chi connectivity index (χ4v) is 4.73. The highest BCUT2D eigenvalue weighted by Crippen LogP contribution is 2.51. The van der Waals surface area contributed by atoms with Crippen LogP contribution in [0, 0.1) is 0 Å². The molecule has 27 heavy (non-hydrogen) atoms. The van der Waals surface area contributed by atoms with Gasteiger partial charge in [-0.15, -0.1) is 11.8 Å². The van der Waals surface area contributed by atoms with Gasteiger partial charge in [0.2, 0.25) is 5.95 Å². The molecule has 1 fully saturated rings. The molecule has 1 unspecified atom stereocenters. The van der Waals surface area contributed by atoms with Gasteiger partial charge in [-0.05, 0) is 0 Å². The second-order valence-corrected chi connectivity index (χ2v) is 9.52. The van der Waals surface area contributed by atoms with Crippen LogP contribution in [0.5, 0.6) is 0 Å². The molecule has 0 bridgehead atoms. The summed E-state index contributed by atoms with van der Waals surface area (Å²) in [5.74, 6) is -0.150. The third-order valence-electron chi connectivity index (χ3n) is 3.56. The zero-order chi connectivity index (χ0) is 20.0. The van der Waals surface area contributed by atoms with Gasteiger partial charge in [0.05, 0.1) is 19.0 Å². The molecule has 0 saturated carbocycles. The SMILES string of the molecule is Nc1nc2c(ncn2[C@H]2C[C@H](O)[C@@H](COP(=O)([O-])OP([O-])([O-])=S)O2)c(=O)[nH]1. The van der Waals surface area contributed by atoms with Crippen LogP contribution in [0.3, 0.4) is 0 Å². The fraction of sp³-hybridized carbons (Fsp3) is 0.500. The van der Waals surface area contributed by atoms with Crippen molar-refractivity contribution in [3.05, 3.63) is 16.7 Å². The summed E-state index contributed by atoms with van der Waals surface area (Å²) in [6.45, 7) is -5.71. The average Bonchev–Trinajstić information content (AvgIpc) is 3.06. The average molecular weight is 440 g/mol. The van der Waals surface area contributed by atoms with Gasteiger partial charge in [0.1, 0.15) is 12.3 Å². The molecule has 1 aliphatic rings. The van der Waals surface area contributed by atoms with E-state index in [1.807, 2.05) is 0 Å². The molecule has 3 rings (SSSR count). The van der Waals surface area contributed by atoms with Crippen molar-refractivity contribution >= 4 is 43.5 Å². The molecule has 2 aromatic heterocycles. The third-order valence-corrected chi connectivity index (χ3v) is 6.23. The number of anilines is 1. The molecule has 4 N–H and O–H groups in total. The lowest BCUT2D eigenvalue weighted by molar-refractivity contribution is -0.320. The molecule has 0 amide bonds. The lowest BCUT2D eigenvalue weighted by Crippen LogP contribution is -2.28. The predicted molar refractivity (Wildman–Crippen MR) is 86.0 cm³/mol. The topological polar surface area (TPSA) is 224 Å². The van der Waals surface area contributed by atoms with E-state index in [0.717, 1.165) is 0 Å². The Morgan fingerprint density at radius 2 is 2.22 bits per heavy atom. The molecule has 0 spiro atoms. The van der Waals surface area contributed by atoms with E-state index in [0.29, 0.717) is 0 Å². The predicted octanol–water partition coefficient (Wildman–Crippen LogP) is -3.20. The molecule has 1 saturated heterocycles. The highest BCUT2D eigenvalue weighted by atomic mass is 32.5. The van der Waals surface area contributed by atoms with Crippen LogP contribution in [0.4, 0.5) is 5.95 Å². The lowest BCUT2D eigenvalue weighted by atomic mass is 10.2. The van der Waals surface area contributed by atoms with E-state index < -0.39 is 45.1 Å². The number of nitrogens with one attached hydrogen (secondary N) is 1. The van der Waals surface area contributed by atoms with Crippen molar-refractivity contribution in [3.8, 4) is 0 Å². The van der Waals surface area contributed by atoms with Gasteiger partial charge in [0.15, 0.2) is 11.2 Å². The highest BCUT2D eigenvalue weighted by Gasteiger charge is 2.37. The van der Waals surface area contributed by atoms with E-state index in [-0.39, 0.29) is 23.5 Å². The summed E-state index contributed by atoms with van der Waals surface area (Å²) in [6, 6.07) is 0. The summed E-state index contributed by atoms with van der Waals surface area (Å²) in [7, 11) is -5.24. The number of phosphoric acid groups is 1. The number of ether oxygens (including phenoxy) is 1. The number of phosphoric ester groups is 1. The molecule has 14 nitrogen and oxygen atoms in total. The molecule has 0 aliphatic carbocycles. The van der Waals surface area contributed by atoms with Crippen LogP contribution < -0.4 is 26.0 Å². The van der Waals surface area contributed by atoms with Crippen molar-refractivity contribution in [1.29, 1.82) is 0 Å². The Morgan fingerprint density at radius 3 is 2.89 bits per heavy atom. The standard InChI is InChI=1S/C10H15N5O9P2S/c11-10-13-8-7(9(17)14-10)12-3-15(8)6-1-4(16)5(23-6)2-22-25(18,19)24-26(20,21)27/h3-6,16H,1-2H2,(H,18,19)(H2,20,21,27)(H3,11,13,14,17)/p-3/t4-,5+,6+/m0/s1. The van der Waals surface area contributed by atoms with Gasteiger partial charge in [0, 0.05) is 6.42 Å². The summed E-state index contributed by atoms with van der Waals surface area (Å²) in [5, 5.41) is 10.0.